The van der Waals surface area contributed by atoms with Gasteiger partial charge in [-0.25, -0.2) is 9.48 Å². The lowest BCUT2D eigenvalue weighted by Gasteiger charge is -2.35. The molecule has 1 aromatic carbocycles. The smallest absolute Gasteiger partial charge is 0.434 e. The largest absolute Gasteiger partial charge is 0.479 e. The van der Waals surface area contributed by atoms with Crippen LogP contribution < -0.4 is 0 Å². The third-order valence-electron chi connectivity index (χ3n) is 4.79. The van der Waals surface area contributed by atoms with Crippen LogP contribution >= 0.6 is 0 Å². The van der Waals surface area contributed by atoms with E-state index in [1.165, 1.54) is 12.1 Å². The van der Waals surface area contributed by atoms with Crippen LogP contribution in [0.25, 0.3) is 5.69 Å². The Morgan fingerprint density at radius 2 is 1.86 bits per heavy atom. The second-order valence-electron chi connectivity index (χ2n) is 6.78. The fraction of sp³-hybridized carbons (Fsp3) is 0.389. The number of amides is 1. The Kier molecular flexibility index (Phi) is 4.92. The number of nitrogens with zero attached hydrogens (tertiary/aromatic N) is 3. The van der Waals surface area contributed by atoms with Gasteiger partial charge in [0, 0.05) is 25.9 Å². The molecule has 10 heteroatoms. The van der Waals surface area contributed by atoms with Crippen molar-refractivity contribution in [2.75, 3.05) is 13.1 Å². The van der Waals surface area contributed by atoms with Crippen molar-refractivity contribution in [1.29, 1.82) is 0 Å². The number of carbonyl (C=O) groups is 2. The summed E-state index contributed by atoms with van der Waals surface area (Å²) in [6.07, 6.45) is -4.49. The van der Waals surface area contributed by atoms with E-state index in [2.05, 4.69) is 5.10 Å². The van der Waals surface area contributed by atoms with Crippen molar-refractivity contribution >= 4 is 11.9 Å². The summed E-state index contributed by atoms with van der Waals surface area (Å²) in [5, 5.41) is 22.7. The number of benzene rings is 1. The van der Waals surface area contributed by atoms with Gasteiger partial charge >= 0.3 is 12.1 Å². The van der Waals surface area contributed by atoms with Crippen LogP contribution in [0.15, 0.2) is 30.5 Å². The van der Waals surface area contributed by atoms with Crippen molar-refractivity contribution < 1.29 is 33.0 Å². The van der Waals surface area contributed by atoms with E-state index in [0.717, 1.165) is 16.7 Å². The molecule has 0 aliphatic carbocycles. The summed E-state index contributed by atoms with van der Waals surface area (Å²) >= 11 is 0. The van der Waals surface area contributed by atoms with Crippen LogP contribution in [0.5, 0.6) is 0 Å². The molecule has 2 N–H and O–H groups in total. The lowest BCUT2D eigenvalue weighted by Crippen LogP contribution is -2.51. The molecule has 150 valence electrons. The quantitative estimate of drug-likeness (QED) is 0.828. The number of aromatic nitrogens is 2. The van der Waals surface area contributed by atoms with E-state index in [4.69, 9.17) is 5.11 Å². The van der Waals surface area contributed by atoms with Crippen LogP contribution in [0.1, 0.15) is 34.5 Å². The second kappa shape index (κ2) is 6.93. The molecule has 1 amide bonds. The topological polar surface area (TPSA) is 95.7 Å². The van der Waals surface area contributed by atoms with Gasteiger partial charge in [-0.2, -0.15) is 18.3 Å². The van der Waals surface area contributed by atoms with Crippen LogP contribution in [0.3, 0.4) is 0 Å². The first-order valence-electron chi connectivity index (χ1n) is 8.50. The summed E-state index contributed by atoms with van der Waals surface area (Å²) < 4.78 is 41.9. The van der Waals surface area contributed by atoms with E-state index >= 15 is 0 Å². The van der Waals surface area contributed by atoms with E-state index in [0.29, 0.717) is 4.68 Å². The molecule has 3 rings (SSSR count). The zero-order valence-corrected chi connectivity index (χ0v) is 14.9. The van der Waals surface area contributed by atoms with Crippen molar-refractivity contribution in [2.45, 2.75) is 31.5 Å². The molecular formula is C18H18F3N3O4. The minimum absolute atomic E-state index is 0.172. The number of halogens is 3. The lowest BCUT2D eigenvalue weighted by atomic mass is 9.91. The fourth-order valence-corrected chi connectivity index (χ4v) is 3.20. The van der Waals surface area contributed by atoms with Crippen LogP contribution in [-0.2, 0) is 11.0 Å². The maximum atomic E-state index is 13.7. The number of aliphatic carboxylic acids is 1. The SMILES string of the molecule is Cc1cccc(-n2ncc(C(=O)N3CCC(O)(C(=O)O)CC3)c2C(F)(F)F)c1. The van der Waals surface area contributed by atoms with Crippen LogP contribution in [0.4, 0.5) is 13.2 Å². The van der Waals surface area contributed by atoms with E-state index in [1.807, 2.05) is 0 Å². The van der Waals surface area contributed by atoms with E-state index < -0.39 is 34.9 Å². The average molecular weight is 397 g/mol. The summed E-state index contributed by atoms with van der Waals surface area (Å²) in [6, 6.07) is 6.29. The Morgan fingerprint density at radius 1 is 1.21 bits per heavy atom. The van der Waals surface area contributed by atoms with Gasteiger partial charge in [-0.05, 0) is 24.6 Å². The Hall–Kier alpha value is -2.88. The third kappa shape index (κ3) is 3.59. The average Bonchev–Trinajstić information content (AvgIpc) is 3.07. The molecule has 0 radical (unpaired) electrons. The molecule has 1 aliphatic heterocycles. The number of hydrogen-bond donors (Lipinski definition) is 2. The highest BCUT2D eigenvalue weighted by atomic mass is 19.4. The molecule has 1 aliphatic rings. The molecule has 1 fully saturated rings. The molecule has 7 nitrogen and oxygen atoms in total. The van der Waals surface area contributed by atoms with Crippen molar-refractivity contribution in [3.63, 3.8) is 0 Å². The molecule has 0 unspecified atom stereocenters. The minimum Gasteiger partial charge on any atom is -0.479 e. The van der Waals surface area contributed by atoms with Crippen molar-refractivity contribution in [2.24, 2.45) is 0 Å². The lowest BCUT2D eigenvalue weighted by molar-refractivity contribution is -0.162. The van der Waals surface area contributed by atoms with Crippen molar-refractivity contribution in [3.8, 4) is 5.69 Å². The third-order valence-corrected chi connectivity index (χ3v) is 4.79. The maximum Gasteiger partial charge on any atom is 0.434 e. The number of carboxylic acids is 1. The molecule has 0 saturated carbocycles. The molecule has 2 heterocycles. The first kappa shape index (κ1) is 19.9. The van der Waals surface area contributed by atoms with Gasteiger partial charge in [-0.15, -0.1) is 0 Å². The minimum atomic E-state index is -4.83. The van der Waals surface area contributed by atoms with Crippen molar-refractivity contribution in [1.82, 2.24) is 14.7 Å². The van der Waals surface area contributed by atoms with Gasteiger partial charge in [0.25, 0.3) is 5.91 Å². The van der Waals surface area contributed by atoms with Gasteiger partial charge in [0.05, 0.1) is 17.4 Å². The maximum absolute atomic E-state index is 13.7. The van der Waals surface area contributed by atoms with Gasteiger partial charge in [0.15, 0.2) is 11.3 Å². The zero-order chi connectivity index (χ0) is 20.7. The van der Waals surface area contributed by atoms with Gasteiger partial charge in [0.1, 0.15) is 0 Å². The number of hydrogen-bond acceptors (Lipinski definition) is 4. The van der Waals surface area contributed by atoms with Gasteiger partial charge in [0.2, 0.25) is 0 Å². The number of likely N-dealkylation sites (tertiary alicyclic amines) is 1. The monoisotopic (exact) mass is 397 g/mol. The summed E-state index contributed by atoms with van der Waals surface area (Å²) in [7, 11) is 0. The van der Waals surface area contributed by atoms with Crippen LogP contribution in [0.2, 0.25) is 0 Å². The summed E-state index contributed by atoms with van der Waals surface area (Å²) in [5.41, 5.74) is -2.88. The summed E-state index contributed by atoms with van der Waals surface area (Å²) in [4.78, 5) is 24.9. The van der Waals surface area contributed by atoms with E-state index in [1.54, 1.807) is 19.1 Å². The second-order valence-corrected chi connectivity index (χ2v) is 6.78. The fourth-order valence-electron chi connectivity index (χ4n) is 3.20. The Bertz CT molecular complexity index is 915. The highest BCUT2D eigenvalue weighted by molar-refractivity contribution is 5.95. The van der Waals surface area contributed by atoms with Crippen molar-refractivity contribution in [3.05, 3.63) is 47.3 Å². The number of carbonyl (C=O) groups excluding carboxylic acids is 1. The van der Waals surface area contributed by atoms with E-state index in [9.17, 15) is 27.9 Å². The molecule has 2 aromatic rings. The van der Waals surface area contributed by atoms with Gasteiger partial charge in [-0.3, -0.25) is 4.79 Å². The molecule has 28 heavy (non-hydrogen) atoms. The van der Waals surface area contributed by atoms with Gasteiger partial charge in [-0.1, -0.05) is 12.1 Å². The molecule has 1 aromatic heterocycles. The predicted molar refractivity (Wildman–Crippen MR) is 91.0 cm³/mol. The number of aryl methyl sites for hydroxylation is 1. The molecule has 0 atom stereocenters. The first-order chi connectivity index (χ1) is 13.0. The number of aliphatic hydroxyl groups is 1. The number of piperidine rings is 1. The van der Waals surface area contributed by atoms with E-state index in [-0.39, 0.29) is 31.6 Å². The normalized spacial score (nSPS) is 16.8. The summed E-state index contributed by atoms with van der Waals surface area (Å²) in [6.45, 7) is 1.38. The van der Waals surface area contributed by atoms with Gasteiger partial charge < -0.3 is 15.1 Å². The summed E-state index contributed by atoms with van der Waals surface area (Å²) in [5.74, 6) is -2.32. The van der Waals surface area contributed by atoms with Crippen LogP contribution in [0, 0.1) is 6.92 Å². The standard InChI is InChI=1S/C18H18F3N3O4/c1-11-3-2-4-12(9-11)24-14(18(19,20)21)13(10-22-24)15(25)23-7-5-17(28,6-8-23)16(26)27/h2-4,9-10,28H,5-8H2,1H3,(H,26,27). The molecular weight excluding hydrogens is 379 g/mol. The number of carboxylic acid groups (broad SMARTS) is 1. The van der Waals surface area contributed by atoms with Crippen LogP contribution in [-0.4, -0.2) is 55.5 Å². The Balaban J connectivity index is 1.95. The highest BCUT2D eigenvalue weighted by Gasteiger charge is 2.44. The zero-order valence-electron chi connectivity index (χ0n) is 14.9. The molecule has 1 saturated heterocycles. The highest BCUT2D eigenvalue weighted by Crippen LogP contribution is 2.35. The first-order valence-corrected chi connectivity index (χ1v) is 8.50. The molecule has 0 spiro atoms. The molecule has 0 bridgehead atoms. The Labute approximate surface area is 158 Å². The number of alkyl halides is 3. The Morgan fingerprint density at radius 3 is 2.39 bits per heavy atom. The predicted octanol–water partition coefficient (Wildman–Crippen LogP) is 2.25. The number of rotatable bonds is 3.